The fraction of sp³-hybridized carbons (Fsp3) is 0.364. The number of hydrogen-bond donors (Lipinski definition) is 2. The van der Waals surface area contributed by atoms with Crippen molar-refractivity contribution in [2.45, 2.75) is 31.7 Å². The molecule has 0 aliphatic heterocycles. The molecule has 0 saturated heterocycles. The molecule has 0 bridgehead atoms. The number of carbonyl (C=O) groups is 2. The van der Waals surface area contributed by atoms with Crippen molar-refractivity contribution in [3.05, 3.63) is 52.9 Å². The van der Waals surface area contributed by atoms with E-state index in [1.54, 1.807) is 49.5 Å². The van der Waals surface area contributed by atoms with Crippen LogP contribution in [-0.2, 0) is 4.79 Å². The van der Waals surface area contributed by atoms with Crippen LogP contribution >= 0.6 is 11.6 Å². The van der Waals surface area contributed by atoms with Gasteiger partial charge in [-0.3, -0.25) is 9.59 Å². The maximum absolute atomic E-state index is 13.1. The molecule has 2 aromatic heterocycles. The molecule has 30 heavy (non-hydrogen) atoms. The van der Waals surface area contributed by atoms with Gasteiger partial charge in [0.25, 0.3) is 0 Å². The number of ketones is 1. The van der Waals surface area contributed by atoms with Crippen molar-refractivity contribution in [3.8, 4) is 0 Å². The Balaban J connectivity index is 1.58. The Morgan fingerprint density at radius 1 is 1.10 bits per heavy atom. The van der Waals surface area contributed by atoms with E-state index < -0.39 is 0 Å². The minimum Gasteiger partial charge on any atom is -0.367 e. The summed E-state index contributed by atoms with van der Waals surface area (Å²) >= 11 is 6.24. The second-order valence-electron chi connectivity index (χ2n) is 7.88. The average Bonchev–Trinajstić information content (AvgIpc) is 3.19. The highest BCUT2D eigenvalue weighted by Gasteiger charge is 2.28. The molecule has 3 aromatic rings. The molecule has 7 nitrogen and oxygen atoms in total. The number of aromatic nitrogens is 3. The van der Waals surface area contributed by atoms with Gasteiger partial charge in [-0.05, 0) is 37.8 Å². The number of rotatable bonds is 5. The summed E-state index contributed by atoms with van der Waals surface area (Å²) in [7, 11) is 3.60. The molecule has 156 valence electrons. The quantitative estimate of drug-likeness (QED) is 0.605. The van der Waals surface area contributed by atoms with E-state index in [-0.39, 0.29) is 23.7 Å². The molecule has 0 radical (unpaired) electrons. The number of aromatic amines is 1. The highest BCUT2D eigenvalue weighted by atomic mass is 35.5. The van der Waals surface area contributed by atoms with Gasteiger partial charge in [-0.1, -0.05) is 23.7 Å². The summed E-state index contributed by atoms with van der Waals surface area (Å²) in [5.41, 5.74) is 1.52. The smallest absolute Gasteiger partial charge is 0.225 e. The van der Waals surface area contributed by atoms with E-state index in [1.165, 1.54) is 6.33 Å². The number of anilines is 1. The summed E-state index contributed by atoms with van der Waals surface area (Å²) < 4.78 is 0. The number of benzene rings is 1. The Kier molecular flexibility index (Phi) is 5.72. The second kappa shape index (κ2) is 8.44. The van der Waals surface area contributed by atoms with Crippen molar-refractivity contribution in [1.29, 1.82) is 0 Å². The molecule has 1 amide bonds. The van der Waals surface area contributed by atoms with Gasteiger partial charge in [0.15, 0.2) is 5.78 Å². The van der Waals surface area contributed by atoms with E-state index in [1.807, 2.05) is 0 Å². The first-order valence-electron chi connectivity index (χ1n) is 10.0. The summed E-state index contributed by atoms with van der Waals surface area (Å²) in [6.07, 6.45) is 6.54. The molecular formula is C22H24ClN5O2. The SMILES string of the molecule is CN(C)C(=O)[C@H]1CC[C@@H](Nc2ncnc3[nH]cc(C(=O)c4ccccc4Cl)c23)CC1. The van der Waals surface area contributed by atoms with E-state index in [0.29, 0.717) is 33.0 Å². The lowest BCUT2D eigenvalue weighted by Crippen LogP contribution is -2.35. The van der Waals surface area contributed by atoms with Gasteiger partial charge < -0.3 is 15.2 Å². The number of H-pyrrole nitrogens is 1. The van der Waals surface area contributed by atoms with Gasteiger partial charge in [0.2, 0.25) is 5.91 Å². The first-order chi connectivity index (χ1) is 14.5. The molecular weight excluding hydrogens is 402 g/mol. The predicted octanol–water partition coefficient (Wildman–Crippen LogP) is 3.90. The molecule has 1 aliphatic rings. The van der Waals surface area contributed by atoms with Crippen LogP contribution in [0.3, 0.4) is 0 Å². The minimum absolute atomic E-state index is 0.0769. The Hall–Kier alpha value is -2.93. The number of nitrogens with one attached hydrogen (secondary N) is 2. The molecule has 1 aliphatic carbocycles. The Bertz CT molecular complexity index is 1090. The van der Waals surface area contributed by atoms with Crippen LogP contribution in [0.15, 0.2) is 36.8 Å². The lowest BCUT2D eigenvalue weighted by atomic mass is 9.85. The third-order valence-electron chi connectivity index (χ3n) is 5.69. The first kappa shape index (κ1) is 20.3. The molecule has 2 heterocycles. The van der Waals surface area contributed by atoms with Crippen molar-refractivity contribution < 1.29 is 9.59 Å². The number of hydrogen-bond acceptors (Lipinski definition) is 5. The van der Waals surface area contributed by atoms with Crippen molar-refractivity contribution >= 4 is 40.1 Å². The van der Waals surface area contributed by atoms with Crippen molar-refractivity contribution in [3.63, 3.8) is 0 Å². The van der Waals surface area contributed by atoms with Crippen LogP contribution in [0.25, 0.3) is 11.0 Å². The topological polar surface area (TPSA) is 91.0 Å². The fourth-order valence-electron chi connectivity index (χ4n) is 4.08. The lowest BCUT2D eigenvalue weighted by Gasteiger charge is -2.30. The maximum Gasteiger partial charge on any atom is 0.225 e. The molecule has 0 atom stereocenters. The van der Waals surface area contributed by atoms with Gasteiger partial charge in [0.1, 0.15) is 17.8 Å². The third kappa shape index (κ3) is 3.89. The van der Waals surface area contributed by atoms with Gasteiger partial charge in [-0.15, -0.1) is 0 Å². The van der Waals surface area contributed by atoms with E-state index in [0.717, 1.165) is 25.7 Å². The Labute approximate surface area is 179 Å². The van der Waals surface area contributed by atoms with E-state index >= 15 is 0 Å². The summed E-state index contributed by atoms with van der Waals surface area (Å²) in [5, 5.41) is 4.55. The lowest BCUT2D eigenvalue weighted by molar-refractivity contribution is -0.133. The molecule has 1 saturated carbocycles. The van der Waals surface area contributed by atoms with Crippen LogP contribution < -0.4 is 5.32 Å². The molecule has 8 heteroatoms. The molecule has 0 spiro atoms. The third-order valence-corrected chi connectivity index (χ3v) is 6.02. The molecule has 1 aromatic carbocycles. The zero-order valence-corrected chi connectivity index (χ0v) is 17.7. The van der Waals surface area contributed by atoms with Crippen molar-refractivity contribution in [2.75, 3.05) is 19.4 Å². The van der Waals surface area contributed by atoms with Crippen LogP contribution in [0.4, 0.5) is 5.82 Å². The first-order valence-corrected chi connectivity index (χ1v) is 10.4. The summed E-state index contributed by atoms with van der Waals surface area (Å²) in [6, 6.07) is 7.18. The summed E-state index contributed by atoms with van der Waals surface area (Å²) in [6.45, 7) is 0. The molecule has 0 unspecified atom stereocenters. The monoisotopic (exact) mass is 425 g/mol. The number of nitrogens with zero attached hydrogens (tertiary/aromatic N) is 3. The number of amides is 1. The minimum atomic E-state index is -0.176. The number of carbonyl (C=O) groups excluding carboxylic acids is 2. The van der Waals surface area contributed by atoms with Crippen LogP contribution in [0.5, 0.6) is 0 Å². The standard InChI is InChI=1S/C22H24ClN5O2/c1-28(2)22(30)13-7-9-14(10-8-13)27-21-18-16(11-24-20(18)25-12-26-21)19(29)15-5-3-4-6-17(15)23/h3-6,11-14H,7-10H2,1-2H3,(H2,24,25,26,27)/t13-,14+. The van der Waals surface area contributed by atoms with Crippen molar-refractivity contribution in [1.82, 2.24) is 19.9 Å². The second-order valence-corrected chi connectivity index (χ2v) is 8.29. The normalized spacial score (nSPS) is 18.9. The van der Waals surface area contributed by atoms with Crippen LogP contribution in [-0.4, -0.2) is 51.7 Å². The van der Waals surface area contributed by atoms with Gasteiger partial charge in [0, 0.05) is 37.8 Å². The van der Waals surface area contributed by atoms with E-state index in [2.05, 4.69) is 20.3 Å². The highest BCUT2D eigenvalue weighted by molar-refractivity contribution is 6.35. The average molecular weight is 426 g/mol. The summed E-state index contributed by atoms with van der Waals surface area (Å²) in [5.74, 6) is 0.716. The zero-order chi connectivity index (χ0) is 21.3. The predicted molar refractivity (Wildman–Crippen MR) is 117 cm³/mol. The van der Waals surface area contributed by atoms with Crippen LogP contribution in [0.2, 0.25) is 5.02 Å². The zero-order valence-electron chi connectivity index (χ0n) is 17.0. The van der Waals surface area contributed by atoms with Gasteiger partial charge >= 0.3 is 0 Å². The molecule has 4 rings (SSSR count). The fourth-order valence-corrected chi connectivity index (χ4v) is 4.31. The number of halogens is 1. The van der Waals surface area contributed by atoms with Gasteiger partial charge in [-0.2, -0.15) is 0 Å². The van der Waals surface area contributed by atoms with Gasteiger partial charge in [0.05, 0.1) is 16.0 Å². The van der Waals surface area contributed by atoms with E-state index in [4.69, 9.17) is 11.6 Å². The molecule has 1 fully saturated rings. The van der Waals surface area contributed by atoms with Crippen molar-refractivity contribution in [2.24, 2.45) is 5.92 Å². The Morgan fingerprint density at radius 3 is 2.53 bits per heavy atom. The van der Waals surface area contributed by atoms with Crippen LogP contribution in [0, 0.1) is 5.92 Å². The maximum atomic E-state index is 13.1. The summed E-state index contributed by atoms with van der Waals surface area (Å²) in [4.78, 5) is 38.8. The van der Waals surface area contributed by atoms with Crippen LogP contribution in [0.1, 0.15) is 41.6 Å². The largest absolute Gasteiger partial charge is 0.367 e. The number of fused-ring (bicyclic) bond motifs is 1. The molecule has 2 N–H and O–H groups in total. The van der Waals surface area contributed by atoms with E-state index in [9.17, 15) is 9.59 Å². The van der Waals surface area contributed by atoms with Gasteiger partial charge in [-0.25, -0.2) is 9.97 Å². The Morgan fingerprint density at radius 2 is 1.83 bits per heavy atom. The highest BCUT2D eigenvalue weighted by Crippen LogP contribution is 2.31.